The number of nitrogens with zero attached hydrogens (tertiary/aromatic N) is 1. The predicted octanol–water partition coefficient (Wildman–Crippen LogP) is -1.27. The van der Waals surface area contributed by atoms with Crippen molar-refractivity contribution in [3.05, 3.63) is 18.2 Å². The average Bonchev–Trinajstić information content (AvgIpc) is 3.03. The highest BCUT2D eigenvalue weighted by atomic mass is 16.7. The van der Waals surface area contributed by atoms with Crippen molar-refractivity contribution in [2.24, 2.45) is 0 Å². The molecular weight excluding hydrogens is 314 g/mol. The van der Waals surface area contributed by atoms with Crippen molar-refractivity contribution in [3.63, 3.8) is 0 Å². The summed E-state index contributed by atoms with van der Waals surface area (Å²) >= 11 is 0. The zero-order valence-corrected chi connectivity index (χ0v) is 13.7. The van der Waals surface area contributed by atoms with Crippen LogP contribution in [0.15, 0.2) is 18.2 Å². The number of benzene rings is 1. The van der Waals surface area contributed by atoms with Crippen molar-refractivity contribution in [1.82, 2.24) is 4.90 Å². The Balaban J connectivity index is 1.46. The highest BCUT2D eigenvalue weighted by Gasteiger charge is 2.22. The first-order valence-electron chi connectivity index (χ1n) is 7.98. The van der Waals surface area contributed by atoms with Gasteiger partial charge < -0.3 is 29.3 Å². The number of carbonyl (C=O) groups is 2. The first-order valence-corrected chi connectivity index (χ1v) is 7.98. The largest absolute Gasteiger partial charge is 0.454 e. The summed E-state index contributed by atoms with van der Waals surface area (Å²) in [7, 11) is 1.83. The number of likely N-dealkylation sites (N-methyl/N-ethyl adjacent to an activating group) is 1. The molecule has 1 aromatic rings. The number of morpholine rings is 1. The number of hydrogen-bond donors (Lipinski definition) is 2. The van der Waals surface area contributed by atoms with Crippen molar-refractivity contribution in [2.45, 2.75) is 0 Å². The Kier molecular flexibility index (Phi) is 5.17. The zero-order chi connectivity index (χ0) is 16.9. The van der Waals surface area contributed by atoms with Gasteiger partial charge in [0.1, 0.15) is 0 Å². The molecule has 2 aliphatic rings. The molecule has 1 saturated heterocycles. The van der Waals surface area contributed by atoms with Crippen LogP contribution in [0, 0.1) is 0 Å². The first-order chi connectivity index (χ1) is 11.6. The van der Waals surface area contributed by atoms with Crippen LogP contribution in [0.1, 0.15) is 0 Å². The lowest BCUT2D eigenvalue weighted by atomic mass is 10.2. The van der Waals surface area contributed by atoms with Gasteiger partial charge in [-0.1, -0.05) is 0 Å². The van der Waals surface area contributed by atoms with E-state index in [9.17, 15) is 9.59 Å². The van der Waals surface area contributed by atoms with Crippen LogP contribution in [0.2, 0.25) is 0 Å². The first kappa shape index (κ1) is 16.5. The average molecular weight is 336 g/mol. The molecule has 130 valence electrons. The van der Waals surface area contributed by atoms with E-state index in [1.165, 1.54) is 0 Å². The second kappa shape index (κ2) is 7.50. The van der Waals surface area contributed by atoms with Gasteiger partial charge in [-0.15, -0.1) is 0 Å². The van der Waals surface area contributed by atoms with Crippen molar-refractivity contribution in [1.29, 1.82) is 0 Å². The number of nitrogens with one attached hydrogen (secondary N) is 2. The Morgan fingerprint density at radius 1 is 1.17 bits per heavy atom. The second-order valence-electron chi connectivity index (χ2n) is 5.92. The smallest absolute Gasteiger partial charge is 0.279 e. The second-order valence-corrected chi connectivity index (χ2v) is 5.92. The molecule has 1 atom stereocenters. The summed E-state index contributed by atoms with van der Waals surface area (Å²) in [5.74, 6) is 1.19. The maximum atomic E-state index is 12.2. The van der Waals surface area contributed by atoms with E-state index in [0.717, 1.165) is 4.90 Å². The summed E-state index contributed by atoms with van der Waals surface area (Å²) in [6.45, 7) is 3.10. The van der Waals surface area contributed by atoms with Crippen LogP contribution in [0.25, 0.3) is 0 Å². The molecule has 8 heteroatoms. The summed E-state index contributed by atoms with van der Waals surface area (Å²) in [6, 6.07) is 5.25. The highest BCUT2D eigenvalue weighted by molar-refractivity contribution is 5.92. The van der Waals surface area contributed by atoms with Crippen LogP contribution in [0.4, 0.5) is 5.69 Å². The lowest BCUT2D eigenvalue weighted by Gasteiger charge is -2.27. The fourth-order valence-electron chi connectivity index (χ4n) is 2.70. The Bertz CT molecular complexity index is 616. The molecule has 2 N–H and O–H groups in total. The van der Waals surface area contributed by atoms with Gasteiger partial charge in [-0.05, 0) is 12.1 Å². The molecule has 0 saturated carbocycles. The van der Waals surface area contributed by atoms with Gasteiger partial charge in [0.2, 0.25) is 6.79 Å². The standard InChI is InChI=1S/C16H21N3O5/c1-18(10-16(21)19-4-6-22-7-5-19)9-15(20)17-12-2-3-13-14(8-12)24-11-23-13/h2-3,8H,4-7,9-11H2,1H3,(H,17,20)/p+1. The molecule has 0 bridgehead atoms. The third-order valence-electron chi connectivity index (χ3n) is 3.94. The number of carbonyl (C=O) groups excluding carboxylic acids is 2. The zero-order valence-electron chi connectivity index (χ0n) is 13.7. The Labute approximate surface area is 140 Å². The van der Waals surface area contributed by atoms with E-state index in [2.05, 4.69) is 5.32 Å². The van der Waals surface area contributed by atoms with E-state index in [1.807, 2.05) is 7.05 Å². The number of rotatable bonds is 5. The molecule has 2 aliphatic heterocycles. The number of amides is 2. The van der Waals surface area contributed by atoms with Crippen LogP contribution < -0.4 is 19.7 Å². The van der Waals surface area contributed by atoms with Crippen molar-refractivity contribution >= 4 is 17.5 Å². The maximum Gasteiger partial charge on any atom is 0.279 e. The van der Waals surface area contributed by atoms with Crippen molar-refractivity contribution in [3.8, 4) is 11.5 Å². The lowest BCUT2D eigenvalue weighted by Crippen LogP contribution is -3.11. The van der Waals surface area contributed by atoms with Crippen LogP contribution in [0.5, 0.6) is 11.5 Å². The van der Waals surface area contributed by atoms with E-state index in [4.69, 9.17) is 14.2 Å². The third-order valence-corrected chi connectivity index (χ3v) is 3.94. The van der Waals surface area contributed by atoms with Gasteiger partial charge in [-0.2, -0.15) is 0 Å². The minimum absolute atomic E-state index is 0.0479. The van der Waals surface area contributed by atoms with Crippen LogP contribution in [-0.2, 0) is 14.3 Å². The monoisotopic (exact) mass is 336 g/mol. The van der Waals surface area contributed by atoms with Crippen molar-refractivity contribution < 1.29 is 28.7 Å². The van der Waals surface area contributed by atoms with Gasteiger partial charge >= 0.3 is 0 Å². The molecule has 0 spiro atoms. The number of quaternary nitrogens is 1. The van der Waals surface area contributed by atoms with E-state index < -0.39 is 0 Å². The van der Waals surface area contributed by atoms with Crippen LogP contribution in [0.3, 0.4) is 0 Å². The summed E-state index contributed by atoms with van der Waals surface area (Å²) < 4.78 is 15.8. The molecular formula is C16H22N3O5+. The third kappa shape index (κ3) is 4.15. The highest BCUT2D eigenvalue weighted by Crippen LogP contribution is 2.34. The molecule has 2 amide bonds. The topological polar surface area (TPSA) is 81.5 Å². The number of fused-ring (bicyclic) bond motifs is 1. The molecule has 8 nitrogen and oxygen atoms in total. The number of anilines is 1. The van der Waals surface area contributed by atoms with Gasteiger partial charge in [0.05, 0.1) is 20.3 Å². The fraction of sp³-hybridized carbons (Fsp3) is 0.500. The summed E-state index contributed by atoms with van der Waals surface area (Å²) in [4.78, 5) is 26.9. The van der Waals surface area contributed by atoms with Gasteiger partial charge in [-0.3, -0.25) is 9.59 Å². The normalized spacial score (nSPS) is 17.5. The molecule has 3 rings (SSSR count). The molecule has 0 radical (unpaired) electrons. The number of ether oxygens (including phenoxy) is 3. The van der Waals surface area contributed by atoms with E-state index in [0.29, 0.717) is 43.5 Å². The van der Waals surface area contributed by atoms with Gasteiger partial charge in [0, 0.05) is 24.8 Å². The molecule has 0 aliphatic carbocycles. The lowest BCUT2D eigenvalue weighted by molar-refractivity contribution is -0.862. The molecule has 2 heterocycles. The number of hydrogen-bond acceptors (Lipinski definition) is 5. The quantitative estimate of drug-likeness (QED) is 0.701. The van der Waals surface area contributed by atoms with Gasteiger partial charge in [0.15, 0.2) is 24.6 Å². The Morgan fingerprint density at radius 3 is 2.71 bits per heavy atom. The fourth-order valence-corrected chi connectivity index (χ4v) is 2.70. The minimum atomic E-state index is -0.152. The van der Waals surface area contributed by atoms with Gasteiger partial charge in [-0.25, -0.2) is 0 Å². The molecule has 0 aromatic heterocycles. The predicted molar refractivity (Wildman–Crippen MR) is 85.2 cm³/mol. The van der Waals surface area contributed by atoms with Crippen LogP contribution in [-0.4, -0.2) is 69.9 Å². The van der Waals surface area contributed by atoms with E-state index in [1.54, 1.807) is 23.1 Å². The molecule has 1 fully saturated rings. The minimum Gasteiger partial charge on any atom is -0.454 e. The SMILES string of the molecule is C[NH+](CC(=O)Nc1ccc2c(c1)OCO2)CC(=O)N1CCOCC1. The van der Waals surface area contributed by atoms with E-state index in [-0.39, 0.29) is 31.7 Å². The van der Waals surface area contributed by atoms with Crippen LogP contribution >= 0.6 is 0 Å². The maximum absolute atomic E-state index is 12.2. The van der Waals surface area contributed by atoms with Crippen molar-refractivity contribution in [2.75, 3.05) is 58.6 Å². The van der Waals surface area contributed by atoms with E-state index >= 15 is 0 Å². The van der Waals surface area contributed by atoms with Gasteiger partial charge in [0.25, 0.3) is 11.8 Å². The Morgan fingerprint density at radius 2 is 1.92 bits per heavy atom. The molecule has 1 unspecified atom stereocenters. The molecule has 24 heavy (non-hydrogen) atoms. The summed E-state index contributed by atoms with van der Waals surface area (Å²) in [5, 5.41) is 2.82. The molecule has 1 aromatic carbocycles. The Hall–Kier alpha value is -2.32. The summed E-state index contributed by atoms with van der Waals surface area (Å²) in [6.07, 6.45) is 0. The summed E-state index contributed by atoms with van der Waals surface area (Å²) in [5.41, 5.74) is 0.650.